The Morgan fingerprint density at radius 2 is 1.92 bits per heavy atom. The number of nitrogens with one attached hydrogen (secondary N) is 1. The molecule has 0 unspecified atom stereocenters. The molecule has 2 bridgehead atoms. The molecule has 36 heavy (non-hydrogen) atoms. The molecule has 4 aliphatic rings. The van der Waals surface area contributed by atoms with Gasteiger partial charge >= 0.3 is 10.2 Å². The van der Waals surface area contributed by atoms with Crippen molar-refractivity contribution in [3.05, 3.63) is 58.9 Å². The molecule has 6 rings (SSSR count). The highest BCUT2D eigenvalue weighted by Crippen LogP contribution is 2.56. The Bertz CT molecular complexity index is 1280. The highest BCUT2D eigenvalue weighted by atomic mass is 32.2. The number of halogens is 1. The maximum atomic E-state index is 16.2. The zero-order chi connectivity index (χ0) is 24.9. The predicted molar refractivity (Wildman–Crippen MR) is 134 cm³/mol. The predicted octanol–water partition coefficient (Wildman–Crippen LogP) is 3.91. The van der Waals surface area contributed by atoms with Crippen LogP contribution in [0.2, 0.25) is 0 Å². The number of fused-ring (bicyclic) bond motifs is 3. The number of hydrogen-bond acceptors (Lipinski definition) is 5. The Morgan fingerprint density at radius 3 is 2.58 bits per heavy atom. The summed E-state index contributed by atoms with van der Waals surface area (Å²) in [7, 11) is -4.19. The van der Waals surface area contributed by atoms with Gasteiger partial charge in [-0.05, 0) is 80.0 Å². The van der Waals surface area contributed by atoms with E-state index in [1.165, 1.54) is 32.1 Å². The normalized spacial score (nSPS) is 26.8. The quantitative estimate of drug-likeness (QED) is 0.607. The van der Waals surface area contributed by atoms with Gasteiger partial charge in [-0.15, -0.1) is 0 Å². The average molecular weight is 514 g/mol. The van der Waals surface area contributed by atoms with E-state index in [-0.39, 0.29) is 18.0 Å². The monoisotopic (exact) mass is 513 g/mol. The second-order valence-electron chi connectivity index (χ2n) is 10.9. The second-order valence-corrected chi connectivity index (χ2v) is 12.5. The van der Waals surface area contributed by atoms with E-state index in [9.17, 15) is 13.2 Å². The molecule has 2 aromatic rings. The van der Waals surface area contributed by atoms with Gasteiger partial charge in [-0.25, -0.2) is 13.4 Å². The Labute approximate surface area is 211 Å². The molecule has 2 aliphatic heterocycles. The van der Waals surface area contributed by atoms with E-state index in [2.05, 4.69) is 4.90 Å². The molecule has 2 aromatic carbocycles. The van der Waals surface area contributed by atoms with E-state index in [4.69, 9.17) is 4.74 Å². The molecule has 2 aliphatic carbocycles. The zero-order valence-electron chi connectivity index (χ0n) is 20.3. The number of ether oxygens (including phenoxy) is 1. The van der Waals surface area contributed by atoms with Gasteiger partial charge in [-0.2, -0.15) is 8.42 Å². The van der Waals surface area contributed by atoms with Crippen LogP contribution in [0.25, 0.3) is 0 Å². The van der Waals surface area contributed by atoms with Crippen LogP contribution in [-0.2, 0) is 34.6 Å². The van der Waals surface area contributed by atoms with Crippen LogP contribution in [0.15, 0.2) is 36.4 Å². The van der Waals surface area contributed by atoms with Gasteiger partial charge in [-0.1, -0.05) is 30.3 Å². The lowest BCUT2D eigenvalue weighted by molar-refractivity contribution is -0.117. The van der Waals surface area contributed by atoms with Gasteiger partial charge in [0.2, 0.25) is 0 Å². The fourth-order valence-electron chi connectivity index (χ4n) is 6.65. The molecular weight excluding hydrogens is 481 g/mol. The van der Waals surface area contributed by atoms with Crippen molar-refractivity contribution in [2.45, 2.75) is 58.1 Å². The van der Waals surface area contributed by atoms with Crippen molar-refractivity contribution in [3.8, 4) is 5.75 Å². The topological polar surface area (TPSA) is 79.0 Å². The number of rotatable bonds is 7. The third-order valence-corrected chi connectivity index (χ3v) is 10.0. The van der Waals surface area contributed by atoms with E-state index < -0.39 is 28.5 Å². The Hall–Kier alpha value is -2.65. The first-order valence-electron chi connectivity index (χ1n) is 12.9. The van der Waals surface area contributed by atoms with E-state index >= 15 is 4.39 Å². The lowest BCUT2D eigenvalue weighted by atomic mass is 9.81. The average Bonchev–Trinajstić information content (AvgIpc) is 3.55. The molecule has 3 fully saturated rings. The summed E-state index contributed by atoms with van der Waals surface area (Å²) in [6.45, 7) is 1.90. The van der Waals surface area contributed by atoms with Gasteiger partial charge in [-0.3, -0.25) is 9.69 Å². The molecule has 192 valence electrons. The molecule has 0 radical (unpaired) electrons. The van der Waals surface area contributed by atoms with Crippen LogP contribution in [0.4, 0.5) is 10.1 Å². The van der Waals surface area contributed by atoms with Crippen molar-refractivity contribution in [2.24, 2.45) is 11.3 Å². The number of carbonyl (C=O) groups excluding carboxylic acids is 1. The number of amides is 1. The fraction of sp³-hybridized carbons (Fsp3) is 0.519. The summed E-state index contributed by atoms with van der Waals surface area (Å²) in [4.78, 5) is 14.2. The van der Waals surface area contributed by atoms with E-state index in [0.29, 0.717) is 23.9 Å². The van der Waals surface area contributed by atoms with Crippen molar-refractivity contribution in [1.82, 2.24) is 9.62 Å². The molecule has 1 amide bonds. The van der Waals surface area contributed by atoms with E-state index in [0.717, 1.165) is 40.9 Å². The van der Waals surface area contributed by atoms with Crippen molar-refractivity contribution in [3.63, 3.8) is 0 Å². The summed E-state index contributed by atoms with van der Waals surface area (Å²) in [6.07, 6.45) is 8.49. The van der Waals surface area contributed by atoms with Crippen LogP contribution in [0, 0.1) is 17.2 Å². The van der Waals surface area contributed by atoms with Crippen molar-refractivity contribution in [2.75, 3.05) is 23.9 Å². The molecule has 1 N–H and O–H groups in total. The third kappa shape index (κ3) is 4.36. The second kappa shape index (κ2) is 9.03. The maximum absolute atomic E-state index is 16.2. The van der Waals surface area contributed by atoms with Gasteiger partial charge in [0.1, 0.15) is 24.6 Å². The summed E-state index contributed by atoms with van der Waals surface area (Å²) >= 11 is 0. The summed E-state index contributed by atoms with van der Waals surface area (Å²) in [5, 5.41) is 0. The van der Waals surface area contributed by atoms with Crippen LogP contribution in [-0.4, -0.2) is 38.9 Å². The molecule has 9 heteroatoms. The SMILES string of the molecule is O=C1CN(c2c(OCc3ccccc3)cc3c(c2F)CN(CCC24CCC(CC2)C4)CC3)S(=O)(=O)N1. The Balaban J connectivity index is 1.28. The van der Waals surface area contributed by atoms with Gasteiger partial charge in [0, 0.05) is 18.7 Å². The van der Waals surface area contributed by atoms with Gasteiger partial charge in [0.25, 0.3) is 5.91 Å². The number of nitrogens with zero attached hydrogens (tertiary/aromatic N) is 2. The first kappa shape index (κ1) is 23.7. The minimum atomic E-state index is -4.19. The Morgan fingerprint density at radius 1 is 1.14 bits per heavy atom. The molecule has 0 spiro atoms. The smallest absolute Gasteiger partial charge is 0.326 e. The highest BCUT2D eigenvalue weighted by Gasteiger charge is 2.44. The molecule has 0 atom stereocenters. The standard InChI is InChI=1S/C27H32FN3O4S/c28-25-22-16-30(13-11-27-9-6-19(15-27)7-10-27)12-8-21(22)14-23(35-18-20-4-2-1-3-5-20)26(25)31-17-24(32)29-36(31,33)34/h1-5,14,19H,6-13,15-18H2,(H,29,32). The van der Waals surface area contributed by atoms with Gasteiger partial charge in [0.05, 0.1) is 0 Å². The van der Waals surface area contributed by atoms with E-state index in [1.54, 1.807) is 6.07 Å². The van der Waals surface area contributed by atoms with Crippen LogP contribution in [0.3, 0.4) is 0 Å². The molecule has 7 nitrogen and oxygen atoms in total. The maximum Gasteiger partial charge on any atom is 0.326 e. The van der Waals surface area contributed by atoms with Gasteiger partial charge < -0.3 is 4.74 Å². The number of carbonyl (C=O) groups is 1. The lowest BCUT2D eigenvalue weighted by Crippen LogP contribution is -2.35. The Kier molecular flexibility index (Phi) is 5.95. The third-order valence-electron chi connectivity index (χ3n) is 8.63. The molecule has 2 saturated carbocycles. The molecule has 1 saturated heterocycles. The number of hydrogen-bond donors (Lipinski definition) is 1. The van der Waals surface area contributed by atoms with Crippen molar-refractivity contribution < 1.29 is 22.3 Å². The molecule has 2 heterocycles. The van der Waals surface area contributed by atoms with Crippen LogP contribution in [0.1, 0.15) is 55.2 Å². The van der Waals surface area contributed by atoms with Crippen LogP contribution in [0.5, 0.6) is 5.75 Å². The first-order valence-corrected chi connectivity index (χ1v) is 14.3. The minimum Gasteiger partial charge on any atom is -0.487 e. The number of benzene rings is 2. The van der Waals surface area contributed by atoms with Gasteiger partial charge in [0.15, 0.2) is 5.82 Å². The van der Waals surface area contributed by atoms with E-state index in [1.807, 2.05) is 35.1 Å². The first-order chi connectivity index (χ1) is 17.3. The minimum absolute atomic E-state index is 0.144. The zero-order valence-corrected chi connectivity index (χ0v) is 21.2. The van der Waals surface area contributed by atoms with Crippen LogP contribution >= 0.6 is 0 Å². The molecular formula is C27H32FN3O4S. The summed E-state index contributed by atoms with van der Waals surface area (Å²) in [5.74, 6) is -0.251. The lowest BCUT2D eigenvalue weighted by Gasteiger charge is -2.34. The fourth-order valence-corrected chi connectivity index (χ4v) is 7.81. The van der Waals surface area contributed by atoms with Crippen molar-refractivity contribution in [1.29, 1.82) is 0 Å². The molecule has 0 aromatic heterocycles. The summed E-state index contributed by atoms with van der Waals surface area (Å²) < 4.78 is 50.3. The number of anilines is 1. The largest absolute Gasteiger partial charge is 0.487 e. The highest BCUT2D eigenvalue weighted by molar-refractivity contribution is 7.92. The van der Waals surface area contributed by atoms with Crippen LogP contribution < -0.4 is 13.8 Å². The summed E-state index contributed by atoms with van der Waals surface area (Å²) in [5.41, 5.74) is 2.52. The summed E-state index contributed by atoms with van der Waals surface area (Å²) in [6, 6.07) is 11.2. The van der Waals surface area contributed by atoms with Crippen molar-refractivity contribution >= 4 is 21.8 Å².